The lowest BCUT2D eigenvalue weighted by Gasteiger charge is -2.14. The molecule has 0 aromatic heterocycles. The van der Waals surface area contributed by atoms with E-state index in [1.54, 1.807) is 37.3 Å². The molecule has 4 heteroatoms. The molecule has 2 aromatic rings. The van der Waals surface area contributed by atoms with E-state index >= 15 is 0 Å². The third kappa shape index (κ3) is 4.05. The highest BCUT2D eigenvalue weighted by Crippen LogP contribution is 2.15. The first-order chi connectivity index (χ1) is 10.9. The molecular formula is C19H20O4. The monoisotopic (exact) mass is 312 g/mol. The third-order valence-electron chi connectivity index (χ3n) is 3.68. The molecule has 4 nitrogen and oxygen atoms in total. The van der Waals surface area contributed by atoms with Gasteiger partial charge >= 0.3 is 5.97 Å². The number of hydrogen-bond acceptors (Lipinski definition) is 4. The summed E-state index contributed by atoms with van der Waals surface area (Å²) in [5.41, 5.74) is 3.47. The summed E-state index contributed by atoms with van der Waals surface area (Å²) in [6.07, 6.45) is -0.861. The van der Waals surface area contributed by atoms with Gasteiger partial charge in [0, 0.05) is 5.56 Å². The average molecular weight is 312 g/mol. The van der Waals surface area contributed by atoms with Gasteiger partial charge in [-0.1, -0.05) is 29.8 Å². The van der Waals surface area contributed by atoms with E-state index < -0.39 is 12.1 Å². The van der Waals surface area contributed by atoms with Crippen LogP contribution in [0.2, 0.25) is 0 Å². The number of aliphatic hydroxyl groups excluding tert-OH is 1. The van der Waals surface area contributed by atoms with Gasteiger partial charge in [-0.25, -0.2) is 4.79 Å². The van der Waals surface area contributed by atoms with Crippen LogP contribution in [0.5, 0.6) is 0 Å². The molecule has 0 bridgehead atoms. The van der Waals surface area contributed by atoms with E-state index in [-0.39, 0.29) is 12.4 Å². The summed E-state index contributed by atoms with van der Waals surface area (Å²) in [6.45, 7) is 5.26. The standard InChI is InChI=1S/C19H20O4/c1-12-4-5-13(2)17(10-12)18(21)14(3)23-19(22)16-8-6-15(11-20)7-9-16/h4-10,14,20H,11H2,1-3H3/t14-/m0/s1. The summed E-state index contributed by atoms with van der Waals surface area (Å²) < 4.78 is 5.27. The van der Waals surface area contributed by atoms with Gasteiger partial charge in [-0.2, -0.15) is 0 Å². The third-order valence-corrected chi connectivity index (χ3v) is 3.68. The van der Waals surface area contributed by atoms with Gasteiger partial charge < -0.3 is 9.84 Å². The Kier molecular flexibility index (Phi) is 5.29. The summed E-state index contributed by atoms with van der Waals surface area (Å²) in [6, 6.07) is 12.1. The number of carbonyl (C=O) groups is 2. The Morgan fingerprint density at radius 3 is 2.35 bits per heavy atom. The summed E-state index contributed by atoms with van der Waals surface area (Å²) in [7, 11) is 0. The van der Waals surface area contributed by atoms with Gasteiger partial charge in [-0.05, 0) is 50.1 Å². The van der Waals surface area contributed by atoms with E-state index in [0.717, 1.165) is 11.1 Å². The Morgan fingerprint density at radius 2 is 1.74 bits per heavy atom. The predicted molar refractivity (Wildman–Crippen MR) is 87.5 cm³/mol. The fourth-order valence-electron chi connectivity index (χ4n) is 2.25. The van der Waals surface area contributed by atoms with Gasteiger partial charge in [0.1, 0.15) is 0 Å². The Bertz CT molecular complexity index is 717. The van der Waals surface area contributed by atoms with Crippen molar-refractivity contribution >= 4 is 11.8 Å². The van der Waals surface area contributed by atoms with Crippen LogP contribution in [-0.4, -0.2) is 23.0 Å². The number of aliphatic hydroxyl groups is 1. The number of ether oxygens (including phenoxy) is 1. The van der Waals surface area contributed by atoms with E-state index in [9.17, 15) is 9.59 Å². The number of hydrogen-bond donors (Lipinski definition) is 1. The molecule has 0 heterocycles. The summed E-state index contributed by atoms with van der Waals surface area (Å²) >= 11 is 0. The van der Waals surface area contributed by atoms with Crippen molar-refractivity contribution in [3.8, 4) is 0 Å². The molecule has 23 heavy (non-hydrogen) atoms. The van der Waals surface area contributed by atoms with Crippen molar-refractivity contribution in [2.24, 2.45) is 0 Å². The van der Waals surface area contributed by atoms with E-state index in [0.29, 0.717) is 16.7 Å². The van der Waals surface area contributed by atoms with Crippen molar-refractivity contribution < 1.29 is 19.4 Å². The first-order valence-corrected chi connectivity index (χ1v) is 7.44. The number of benzene rings is 2. The minimum Gasteiger partial charge on any atom is -0.451 e. The summed E-state index contributed by atoms with van der Waals surface area (Å²) in [5, 5.41) is 9.00. The maximum atomic E-state index is 12.5. The van der Waals surface area contributed by atoms with Gasteiger partial charge in [-0.3, -0.25) is 4.79 Å². The van der Waals surface area contributed by atoms with Gasteiger partial charge in [0.25, 0.3) is 0 Å². The molecule has 0 saturated carbocycles. The van der Waals surface area contributed by atoms with Crippen molar-refractivity contribution in [3.63, 3.8) is 0 Å². The molecule has 120 valence electrons. The lowest BCUT2D eigenvalue weighted by atomic mass is 9.99. The van der Waals surface area contributed by atoms with Crippen LogP contribution < -0.4 is 0 Å². The van der Waals surface area contributed by atoms with Gasteiger partial charge in [0.2, 0.25) is 5.78 Å². The summed E-state index contributed by atoms with van der Waals surface area (Å²) in [4.78, 5) is 24.6. The molecule has 0 amide bonds. The zero-order valence-electron chi connectivity index (χ0n) is 13.5. The Hall–Kier alpha value is -2.46. The lowest BCUT2D eigenvalue weighted by molar-refractivity contribution is 0.0318. The molecule has 2 rings (SSSR count). The first-order valence-electron chi connectivity index (χ1n) is 7.44. The Labute approximate surface area is 135 Å². The van der Waals surface area contributed by atoms with Crippen LogP contribution in [0, 0.1) is 13.8 Å². The second-order valence-corrected chi connectivity index (χ2v) is 5.59. The highest BCUT2D eigenvalue weighted by molar-refractivity contribution is 6.02. The second-order valence-electron chi connectivity index (χ2n) is 5.59. The van der Waals surface area contributed by atoms with Crippen LogP contribution in [0.3, 0.4) is 0 Å². The molecule has 0 fully saturated rings. The number of Topliss-reactive ketones (excluding diaryl/α,β-unsaturated/α-hetero) is 1. The maximum absolute atomic E-state index is 12.5. The molecule has 0 aliphatic carbocycles. The smallest absolute Gasteiger partial charge is 0.338 e. The van der Waals surface area contributed by atoms with Crippen LogP contribution in [-0.2, 0) is 11.3 Å². The fourth-order valence-corrected chi connectivity index (χ4v) is 2.25. The van der Waals surface area contributed by atoms with E-state index in [1.807, 2.05) is 26.0 Å². The predicted octanol–water partition coefficient (Wildman–Crippen LogP) is 3.22. The van der Waals surface area contributed by atoms with Crippen LogP contribution in [0.1, 0.15) is 44.3 Å². The van der Waals surface area contributed by atoms with Crippen LogP contribution in [0.4, 0.5) is 0 Å². The van der Waals surface area contributed by atoms with Crippen molar-refractivity contribution in [1.82, 2.24) is 0 Å². The topological polar surface area (TPSA) is 63.6 Å². The minimum atomic E-state index is -0.861. The lowest BCUT2D eigenvalue weighted by Crippen LogP contribution is -2.25. The number of aryl methyl sites for hydroxylation is 2. The molecule has 0 aliphatic heterocycles. The van der Waals surface area contributed by atoms with Crippen molar-refractivity contribution in [2.45, 2.75) is 33.5 Å². The Balaban J connectivity index is 2.10. The van der Waals surface area contributed by atoms with Crippen molar-refractivity contribution in [2.75, 3.05) is 0 Å². The number of rotatable bonds is 5. The van der Waals surface area contributed by atoms with Gasteiger partial charge in [0.15, 0.2) is 6.10 Å². The van der Waals surface area contributed by atoms with Crippen molar-refractivity contribution in [1.29, 1.82) is 0 Å². The van der Waals surface area contributed by atoms with E-state index in [1.165, 1.54) is 0 Å². The number of ketones is 1. The fraction of sp³-hybridized carbons (Fsp3) is 0.263. The highest BCUT2D eigenvalue weighted by Gasteiger charge is 2.21. The largest absolute Gasteiger partial charge is 0.451 e. The zero-order valence-corrected chi connectivity index (χ0v) is 13.5. The quantitative estimate of drug-likeness (QED) is 0.680. The average Bonchev–Trinajstić information content (AvgIpc) is 2.56. The minimum absolute atomic E-state index is 0.0865. The molecule has 1 atom stereocenters. The highest BCUT2D eigenvalue weighted by atomic mass is 16.5. The van der Waals surface area contributed by atoms with Crippen molar-refractivity contribution in [3.05, 3.63) is 70.3 Å². The van der Waals surface area contributed by atoms with Crippen LogP contribution in [0.25, 0.3) is 0 Å². The molecule has 0 aliphatic rings. The number of carbonyl (C=O) groups excluding carboxylic acids is 2. The first kappa shape index (κ1) is 16.9. The SMILES string of the molecule is Cc1ccc(C)c(C(=O)[C@H](C)OC(=O)c2ccc(CO)cc2)c1. The maximum Gasteiger partial charge on any atom is 0.338 e. The molecule has 0 radical (unpaired) electrons. The summed E-state index contributed by atoms with van der Waals surface area (Å²) in [5.74, 6) is -0.771. The van der Waals surface area contributed by atoms with Gasteiger partial charge in [0.05, 0.1) is 12.2 Å². The second kappa shape index (κ2) is 7.20. The molecule has 0 unspecified atom stereocenters. The zero-order chi connectivity index (χ0) is 17.0. The van der Waals surface area contributed by atoms with Crippen LogP contribution in [0.15, 0.2) is 42.5 Å². The molecule has 1 N–H and O–H groups in total. The van der Waals surface area contributed by atoms with E-state index in [4.69, 9.17) is 9.84 Å². The van der Waals surface area contributed by atoms with Crippen LogP contribution >= 0.6 is 0 Å². The van der Waals surface area contributed by atoms with E-state index in [2.05, 4.69) is 0 Å². The molecule has 0 saturated heterocycles. The molecule has 0 spiro atoms. The number of esters is 1. The Morgan fingerprint density at radius 1 is 1.09 bits per heavy atom. The van der Waals surface area contributed by atoms with Gasteiger partial charge in [-0.15, -0.1) is 0 Å². The molecule has 2 aromatic carbocycles. The molecular weight excluding hydrogens is 292 g/mol. The normalized spacial score (nSPS) is 11.8.